The summed E-state index contributed by atoms with van der Waals surface area (Å²) in [5.74, 6) is 0.462. The van der Waals surface area contributed by atoms with Gasteiger partial charge in [0.25, 0.3) is 5.91 Å². The quantitative estimate of drug-likeness (QED) is 0.242. The molecular formula is C32H43N7O3. The molecule has 2 aromatic carbocycles. The molecule has 0 radical (unpaired) electrons. The topological polar surface area (TPSA) is 129 Å². The zero-order valence-electron chi connectivity index (χ0n) is 24.6. The molecule has 1 saturated heterocycles. The Morgan fingerprint density at radius 1 is 1.17 bits per heavy atom. The third-order valence-corrected chi connectivity index (χ3v) is 7.93. The van der Waals surface area contributed by atoms with E-state index in [2.05, 4.69) is 43.9 Å². The number of hydrogen-bond donors (Lipinski definition) is 4. The average molecular weight is 574 g/mol. The minimum absolute atomic E-state index is 0.00849. The lowest BCUT2D eigenvalue weighted by Gasteiger charge is -2.36. The van der Waals surface area contributed by atoms with Crippen LogP contribution in [0.25, 0.3) is 11.1 Å². The summed E-state index contributed by atoms with van der Waals surface area (Å²) in [6, 6.07) is 16.3. The minimum atomic E-state index is -1.02. The van der Waals surface area contributed by atoms with Gasteiger partial charge in [-0.15, -0.1) is 0 Å². The number of carbonyl (C=O) groups excluding carboxylic acids is 2. The number of amides is 3. The van der Waals surface area contributed by atoms with E-state index in [9.17, 15) is 9.59 Å². The lowest BCUT2D eigenvalue weighted by Crippen LogP contribution is -2.52. The minimum Gasteiger partial charge on any atom is -0.478 e. The normalized spacial score (nSPS) is 17.0. The van der Waals surface area contributed by atoms with Crippen molar-refractivity contribution in [2.45, 2.75) is 70.2 Å². The summed E-state index contributed by atoms with van der Waals surface area (Å²) >= 11 is 0. The van der Waals surface area contributed by atoms with Crippen LogP contribution in [0.5, 0.6) is 5.75 Å². The zero-order valence-corrected chi connectivity index (χ0v) is 24.6. The highest BCUT2D eigenvalue weighted by Gasteiger charge is 2.35. The second-order valence-electron chi connectivity index (χ2n) is 11.7. The van der Waals surface area contributed by atoms with E-state index in [0.29, 0.717) is 31.9 Å². The number of nitrogens with two attached hydrogens (primary N) is 1. The Kier molecular flexibility index (Phi) is 9.31. The predicted molar refractivity (Wildman–Crippen MR) is 164 cm³/mol. The summed E-state index contributed by atoms with van der Waals surface area (Å²) < 4.78 is 6.12. The molecule has 5 N–H and O–H groups in total. The first-order valence-corrected chi connectivity index (χ1v) is 15.0. The Morgan fingerprint density at radius 2 is 2.00 bits per heavy atom. The number of H-pyrrole nitrogens is 1. The molecule has 2 fully saturated rings. The largest absolute Gasteiger partial charge is 0.478 e. The molecule has 1 aliphatic carbocycles. The lowest BCUT2D eigenvalue weighted by molar-refractivity contribution is -0.134. The fourth-order valence-electron chi connectivity index (χ4n) is 5.46. The van der Waals surface area contributed by atoms with Crippen molar-refractivity contribution >= 4 is 17.6 Å². The van der Waals surface area contributed by atoms with E-state index in [1.54, 1.807) is 13.8 Å². The Labute approximate surface area is 248 Å². The summed E-state index contributed by atoms with van der Waals surface area (Å²) in [5, 5.41) is 13.2. The van der Waals surface area contributed by atoms with Crippen LogP contribution in [0, 0.1) is 0 Å². The molecule has 0 spiro atoms. The van der Waals surface area contributed by atoms with Gasteiger partial charge in [-0.05, 0) is 75.8 Å². The van der Waals surface area contributed by atoms with Crippen molar-refractivity contribution in [3.63, 3.8) is 0 Å². The van der Waals surface area contributed by atoms with Gasteiger partial charge in [-0.1, -0.05) is 30.3 Å². The number of urea groups is 1. The Hall–Kier alpha value is -4.05. The van der Waals surface area contributed by atoms with Crippen LogP contribution in [-0.4, -0.2) is 70.9 Å². The highest BCUT2D eigenvalue weighted by molar-refractivity contribution is 5.84. The molecule has 10 nitrogen and oxygen atoms in total. The van der Waals surface area contributed by atoms with Gasteiger partial charge >= 0.3 is 6.03 Å². The molecule has 1 aliphatic heterocycles. The van der Waals surface area contributed by atoms with Crippen LogP contribution in [0.1, 0.15) is 51.5 Å². The second kappa shape index (κ2) is 13.3. The fraction of sp³-hybridized carbons (Fsp3) is 0.469. The van der Waals surface area contributed by atoms with Gasteiger partial charge in [0.1, 0.15) is 5.75 Å². The predicted octanol–water partition coefficient (Wildman–Crippen LogP) is 4.04. The second-order valence-corrected chi connectivity index (χ2v) is 11.7. The van der Waals surface area contributed by atoms with E-state index in [4.69, 9.17) is 10.5 Å². The first-order valence-electron chi connectivity index (χ1n) is 15.0. The van der Waals surface area contributed by atoms with E-state index in [1.165, 1.54) is 0 Å². The van der Waals surface area contributed by atoms with Crippen LogP contribution in [0.4, 0.5) is 10.5 Å². The Morgan fingerprint density at radius 3 is 2.76 bits per heavy atom. The van der Waals surface area contributed by atoms with Crippen LogP contribution >= 0.6 is 0 Å². The van der Waals surface area contributed by atoms with Gasteiger partial charge in [0.05, 0.1) is 6.20 Å². The number of piperidine rings is 1. The number of nitrogens with one attached hydrogen (secondary N) is 3. The van der Waals surface area contributed by atoms with Crippen LogP contribution < -0.4 is 26.0 Å². The van der Waals surface area contributed by atoms with Crippen molar-refractivity contribution in [2.75, 3.05) is 31.1 Å². The fourth-order valence-corrected chi connectivity index (χ4v) is 5.46. The highest BCUT2D eigenvalue weighted by Crippen LogP contribution is 2.32. The molecule has 1 aromatic heterocycles. The van der Waals surface area contributed by atoms with Gasteiger partial charge in [-0.3, -0.25) is 9.89 Å². The van der Waals surface area contributed by atoms with Crippen molar-refractivity contribution in [3.8, 4) is 16.9 Å². The lowest BCUT2D eigenvalue weighted by atomic mass is 10.0. The van der Waals surface area contributed by atoms with Gasteiger partial charge in [0.15, 0.2) is 5.60 Å². The number of ether oxygens (including phenoxy) is 1. The van der Waals surface area contributed by atoms with Gasteiger partial charge in [-0.25, -0.2) is 4.79 Å². The third-order valence-electron chi connectivity index (χ3n) is 7.93. The summed E-state index contributed by atoms with van der Waals surface area (Å²) in [6.07, 6.45) is 8.39. The number of rotatable bonds is 12. The van der Waals surface area contributed by atoms with Gasteiger partial charge in [-0.2, -0.15) is 5.10 Å². The molecule has 3 amide bonds. The average Bonchev–Trinajstić information content (AvgIpc) is 3.68. The van der Waals surface area contributed by atoms with Crippen molar-refractivity contribution in [3.05, 3.63) is 66.5 Å². The number of aromatic nitrogens is 2. The molecule has 2 heterocycles. The van der Waals surface area contributed by atoms with Gasteiger partial charge in [0.2, 0.25) is 0 Å². The summed E-state index contributed by atoms with van der Waals surface area (Å²) in [7, 11) is 0. The molecule has 5 rings (SSSR count). The molecule has 2 aliphatic rings. The van der Waals surface area contributed by atoms with Crippen molar-refractivity contribution in [1.82, 2.24) is 25.7 Å². The number of anilines is 1. The molecular weight excluding hydrogens is 530 g/mol. The number of nitrogens with zero attached hydrogens (tertiary/aromatic N) is 3. The molecule has 0 unspecified atom stereocenters. The van der Waals surface area contributed by atoms with Crippen LogP contribution in [-0.2, 0) is 11.3 Å². The molecule has 224 valence electrons. The summed E-state index contributed by atoms with van der Waals surface area (Å²) in [4.78, 5) is 30.5. The molecule has 1 atom stereocenters. The first-order chi connectivity index (χ1) is 20.3. The smallest absolute Gasteiger partial charge is 0.318 e. The molecule has 3 aromatic rings. The van der Waals surface area contributed by atoms with Crippen LogP contribution in [0.3, 0.4) is 0 Å². The number of carbonyl (C=O) groups is 2. The van der Waals surface area contributed by atoms with Crippen molar-refractivity contribution in [1.29, 1.82) is 0 Å². The number of benzene rings is 2. The maximum atomic E-state index is 13.6. The Balaban J connectivity index is 1.21. The first kappa shape index (κ1) is 29.4. The van der Waals surface area contributed by atoms with Crippen LogP contribution in [0.15, 0.2) is 60.9 Å². The summed E-state index contributed by atoms with van der Waals surface area (Å²) in [6.45, 7) is 6.75. The number of aromatic amines is 1. The van der Waals surface area contributed by atoms with Crippen molar-refractivity contribution in [2.24, 2.45) is 5.73 Å². The van der Waals surface area contributed by atoms with E-state index >= 15 is 0 Å². The summed E-state index contributed by atoms with van der Waals surface area (Å²) in [5.41, 5.74) is 8.75. The Bertz CT molecular complexity index is 1340. The number of hydrogen-bond acceptors (Lipinski definition) is 6. The SMILES string of the molecule is CC(C)(Oc1cccc(N2CCC[C@H](NC(=O)N(Cc3ccccc3-c3cn[nH]c3)C3CC3)C2)c1)C(=O)NCCCN. The molecule has 0 bridgehead atoms. The highest BCUT2D eigenvalue weighted by atomic mass is 16.5. The maximum absolute atomic E-state index is 13.6. The van der Waals surface area contributed by atoms with E-state index in [-0.39, 0.29) is 24.0 Å². The molecule has 10 heteroatoms. The van der Waals surface area contributed by atoms with Gasteiger partial charge < -0.3 is 30.9 Å². The van der Waals surface area contributed by atoms with E-state index in [0.717, 1.165) is 61.0 Å². The standard InChI is InChI=1S/C32H43N7O3/c1-32(2,30(40)34-16-7-15-33)42-28-11-5-10-27(18-28)38-17-6-9-25(22-38)37-31(41)39(26-13-14-26)21-23-8-3-4-12-29(23)24-19-35-36-20-24/h3-5,8,10-12,18-20,25-26H,6-7,9,13-17,21-22,33H2,1-2H3,(H,34,40)(H,35,36)(H,37,41)/t25-/m0/s1. The van der Waals surface area contributed by atoms with E-state index in [1.807, 2.05) is 47.6 Å². The maximum Gasteiger partial charge on any atom is 0.318 e. The molecule has 1 saturated carbocycles. The molecule has 42 heavy (non-hydrogen) atoms. The van der Waals surface area contributed by atoms with Gasteiger partial charge in [0, 0.05) is 61.8 Å². The van der Waals surface area contributed by atoms with E-state index < -0.39 is 5.60 Å². The zero-order chi connectivity index (χ0) is 29.5. The third kappa shape index (κ3) is 7.42. The van der Waals surface area contributed by atoms with Crippen LogP contribution in [0.2, 0.25) is 0 Å². The van der Waals surface area contributed by atoms with Crippen molar-refractivity contribution < 1.29 is 14.3 Å². The monoisotopic (exact) mass is 573 g/mol.